The Balaban J connectivity index is 1.53. The van der Waals surface area contributed by atoms with Crippen LogP contribution in [0.25, 0.3) is 11.1 Å². The van der Waals surface area contributed by atoms with Crippen LogP contribution < -0.4 is 15.0 Å². The summed E-state index contributed by atoms with van der Waals surface area (Å²) >= 11 is 0. The van der Waals surface area contributed by atoms with Crippen LogP contribution in [-0.2, 0) is 11.0 Å². The van der Waals surface area contributed by atoms with Crippen LogP contribution in [-0.4, -0.2) is 36.3 Å². The zero-order valence-electron chi connectivity index (χ0n) is 16.1. The number of carboxylic acids is 1. The van der Waals surface area contributed by atoms with Gasteiger partial charge in [0.1, 0.15) is 11.4 Å². The fourth-order valence-corrected chi connectivity index (χ4v) is 4.35. The maximum atomic E-state index is 13.6. The van der Waals surface area contributed by atoms with Gasteiger partial charge in [-0.15, -0.1) is 0 Å². The van der Waals surface area contributed by atoms with Crippen molar-refractivity contribution in [3.8, 4) is 16.9 Å². The molecule has 1 saturated heterocycles. The first kappa shape index (κ1) is 19.1. The molecule has 30 heavy (non-hydrogen) atoms. The van der Waals surface area contributed by atoms with Gasteiger partial charge < -0.3 is 20.1 Å². The number of alkyl halides is 3. The van der Waals surface area contributed by atoms with E-state index in [1.54, 1.807) is 12.1 Å². The molecule has 0 bridgehead atoms. The van der Waals surface area contributed by atoms with E-state index >= 15 is 0 Å². The predicted molar refractivity (Wildman–Crippen MR) is 106 cm³/mol. The van der Waals surface area contributed by atoms with Crippen molar-refractivity contribution < 1.29 is 27.8 Å². The highest BCUT2D eigenvalue weighted by Crippen LogP contribution is 2.49. The number of nitrogens with zero attached hydrogens (tertiary/aromatic N) is 1. The summed E-state index contributed by atoms with van der Waals surface area (Å²) in [5, 5.41) is 12.4. The van der Waals surface area contributed by atoms with Crippen molar-refractivity contribution in [2.24, 2.45) is 5.92 Å². The zero-order valence-corrected chi connectivity index (χ0v) is 16.1. The van der Waals surface area contributed by atoms with E-state index in [9.17, 15) is 18.0 Å². The molecular formula is C22H21F3N2O3. The third-order valence-electron chi connectivity index (χ3n) is 6.36. The number of fused-ring (bicyclic) bond motifs is 1. The summed E-state index contributed by atoms with van der Waals surface area (Å²) in [5.41, 5.74) is 1.29. The minimum absolute atomic E-state index is 0.242. The fraction of sp³-hybridized carbons (Fsp3) is 0.409. The lowest BCUT2D eigenvalue weighted by molar-refractivity contribution is -0.142. The van der Waals surface area contributed by atoms with Crippen LogP contribution in [0.15, 0.2) is 36.4 Å². The summed E-state index contributed by atoms with van der Waals surface area (Å²) in [4.78, 5) is 13.0. The normalized spacial score (nSPS) is 19.9. The third-order valence-corrected chi connectivity index (χ3v) is 6.36. The van der Waals surface area contributed by atoms with Gasteiger partial charge in [-0.25, -0.2) is 0 Å². The first-order valence-corrected chi connectivity index (χ1v) is 10.0. The van der Waals surface area contributed by atoms with Gasteiger partial charge in [-0.3, -0.25) is 4.79 Å². The van der Waals surface area contributed by atoms with E-state index in [1.165, 1.54) is 0 Å². The minimum Gasteiger partial charge on any atom is -0.483 e. The number of carboxylic acid groups (broad SMARTS) is 1. The summed E-state index contributed by atoms with van der Waals surface area (Å²) < 4.78 is 46.8. The molecule has 0 atom stereocenters. The van der Waals surface area contributed by atoms with Crippen LogP contribution in [0.3, 0.4) is 0 Å². The first-order chi connectivity index (χ1) is 14.2. The molecule has 0 radical (unpaired) electrons. The number of carbonyl (C=O) groups is 1. The molecule has 0 aromatic heterocycles. The van der Waals surface area contributed by atoms with E-state index in [1.807, 2.05) is 17.0 Å². The largest absolute Gasteiger partial charge is 0.483 e. The van der Waals surface area contributed by atoms with Crippen molar-refractivity contribution in [2.75, 3.05) is 29.9 Å². The van der Waals surface area contributed by atoms with Crippen LogP contribution >= 0.6 is 0 Å². The average molecular weight is 418 g/mol. The summed E-state index contributed by atoms with van der Waals surface area (Å²) in [6.45, 7) is 1.36. The van der Waals surface area contributed by atoms with Gasteiger partial charge in [-0.2, -0.15) is 13.2 Å². The molecule has 2 aromatic rings. The maximum absolute atomic E-state index is 13.6. The summed E-state index contributed by atoms with van der Waals surface area (Å²) in [7, 11) is 0. The number of rotatable bonds is 3. The standard InChI is InChI=1S/C22H21F3N2O3/c23-22(24,25)15-8-17(19-18(9-15)30-21(12-26-19)5-2-6-21)13-3-1-4-16(7-13)27-10-14(11-27)20(28)29/h1,3-4,7-9,14,26H,2,5-6,10-12H2,(H,28,29). The number of ether oxygens (including phenoxy) is 1. The van der Waals surface area contributed by atoms with Gasteiger partial charge >= 0.3 is 12.1 Å². The van der Waals surface area contributed by atoms with Gasteiger partial charge in [0, 0.05) is 24.3 Å². The SMILES string of the molecule is O=C(O)C1CN(c2cccc(-c3cc(C(F)(F)F)cc4c3NCC3(CCC3)O4)c2)C1. The first-order valence-electron chi connectivity index (χ1n) is 10.0. The summed E-state index contributed by atoms with van der Waals surface area (Å²) in [6, 6.07) is 9.44. The van der Waals surface area contributed by atoms with Crippen LogP contribution in [0.4, 0.5) is 24.5 Å². The van der Waals surface area contributed by atoms with E-state index in [0.717, 1.165) is 37.1 Å². The van der Waals surface area contributed by atoms with Crippen LogP contribution in [0, 0.1) is 5.92 Å². The molecule has 1 saturated carbocycles. The van der Waals surface area contributed by atoms with Crippen LogP contribution in [0.1, 0.15) is 24.8 Å². The topological polar surface area (TPSA) is 61.8 Å². The second kappa shape index (κ2) is 6.55. The van der Waals surface area contributed by atoms with E-state index in [0.29, 0.717) is 36.4 Å². The van der Waals surface area contributed by atoms with Gasteiger partial charge in [-0.1, -0.05) is 12.1 Å². The molecule has 1 spiro atoms. The second-order valence-corrected chi connectivity index (χ2v) is 8.38. The van der Waals surface area contributed by atoms with Gasteiger partial charge in [0.15, 0.2) is 0 Å². The Morgan fingerprint density at radius 3 is 2.60 bits per heavy atom. The third kappa shape index (κ3) is 3.14. The molecule has 2 fully saturated rings. The monoisotopic (exact) mass is 418 g/mol. The summed E-state index contributed by atoms with van der Waals surface area (Å²) in [5.74, 6) is -1.00. The van der Waals surface area contributed by atoms with Crippen LogP contribution in [0.2, 0.25) is 0 Å². The number of benzene rings is 2. The lowest BCUT2D eigenvalue weighted by atomic mass is 9.79. The molecule has 2 heterocycles. The Morgan fingerprint density at radius 1 is 1.20 bits per heavy atom. The van der Waals surface area contributed by atoms with Gasteiger partial charge in [0.2, 0.25) is 0 Å². The lowest BCUT2D eigenvalue weighted by Crippen LogP contribution is -2.51. The number of anilines is 2. The minimum atomic E-state index is -4.48. The van der Waals surface area contributed by atoms with Crippen molar-refractivity contribution in [3.63, 3.8) is 0 Å². The molecule has 1 aliphatic carbocycles. The molecule has 2 aliphatic heterocycles. The number of aliphatic carboxylic acids is 1. The number of hydrogen-bond donors (Lipinski definition) is 2. The summed E-state index contributed by atoms with van der Waals surface area (Å²) in [6.07, 6.45) is -1.81. The molecule has 3 aliphatic rings. The van der Waals surface area contributed by atoms with E-state index in [2.05, 4.69) is 5.32 Å². The lowest BCUT2D eigenvalue weighted by Gasteiger charge is -2.46. The number of hydrogen-bond acceptors (Lipinski definition) is 4. The van der Waals surface area contributed by atoms with Crippen molar-refractivity contribution in [3.05, 3.63) is 42.0 Å². The molecule has 2 N–H and O–H groups in total. The molecule has 0 amide bonds. The number of halogens is 3. The van der Waals surface area contributed by atoms with Gasteiger partial charge in [0.05, 0.1) is 23.7 Å². The molecule has 2 aromatic carbocycles. The van der Waals surface area contributed by atoms with Crippen molar-refractivity contribution in [2.45, 2.75) is 31.0 Å². The Morgan fingerprint density at radius 2 is 1.97 bits per heavy atom. The number of nitrogens with one attached hydrogen (secondary N) is 1. The molecule has 0 unspecified atom stereocenters. The Hall–Kier alpha value is -2.90. The second-order valence-electron chi connectivity index (χ2n) is 8.38. The Bertz CT molecular complexity index is 1010. The predicted octanol–water partition coefficient (Wildman–Crippen LogP) is 4.62. The van der Waals surface area contributed by atoms with E-state index in [4.69, 9.17) is 9.84 Å². The van der Waals surface area contributed by atoms with E-state index < -0.39 is 29.2 Å². The molecule has 5 rings (SSSR count). The van der Waals surface area contributed by atoms with Crippen molar-refractivity contribution in [1.82, 2.24) is 0 Å². The maximum Gasteiger partial charge on any atom is 0.416 e. The Kier molecular flexibility index (Phi) is 4.17. The highest BCUT2D eigenvalue weighted by Gasteiger charge is 2.44. The van der Waals surface area contributed by atoms with Crippen molar-refractivity contribution in [1.29, 1.82) is 0 Å². The van der Waals surface area contributed by atoms with Crippen LogP contribution in [0.5, 0.6) is 5.75 Å². The molecule has 5 nitrogen and oxygen atoms in total. The molecule has 158 valence electrons. The highest BCUT2D eigenvalue weighted by atomic mass is 19.4. The quantitative estimate of drug-likeness (QED) is 0.762. The zero-order chi connectivity index (χ0) is 21.1. The fourth-order valence-electron chi connectivity index (χ4n) is 4.35. The van der Waals surface area contributed by atoms with Gasteiger partial charge in [-0.05, 0) is 49.1 Å². The average Bonchev–Trinajstić information content (AvgIpc) is 2.63. The smallest absolute Gasteiger partial charge is 0.416 e. The Labute approximate surface area is 171 Å². The van der Waals surface area contributed by atoms with Crippen molar-refractivity contribution >= 4 is 17.3 Å². The molecule has 8 heteroatoms. The highest BCUT2D eigenvalue weighted by molar-refractivity contribution is 5.85. The molecular weight excluding hydrogens is 397 g/mol. The van der Waals surface area contributed by atoms with E-state index in [-0.39, 0.29) is 5.75 Å². The van der Waals surface area contributed by atoms with Gasteiger partial charge in [0.25, 0.3) is 0 Å².